The van der Waals surface area contributed by atoms with Gasteiger partial charge in [-0.25, -0.2) is 9.97 Å². The van der Waals surface area contributed by atoms with Gasteiger partial charge in [0, 0.05) is 7.05 Å². The van der Waals surface area contributed by atoms with Gasteiger partial charge >= 0.3 is 0 Å². The Bertz CT molecular complexity index is 627. The smallest absolute Gasteiger partial charge is 0.162 e. The first kappa shape index (κ1) is 14.7. The second-order valence-electron chi connectivity index (χ2n) is 5.74. The molecular formula is C15H21ClN4O. The minimum atomic E-state index is 0.327. The highest BCUT2D eigenvalue weighted by Crippen LogP contribution is 2.29. The Morgan fingerprint density at radius 3 is 2.95 bits per heavy atom. The van der Waals surface area contributed by atoms with Crippen molar-refractivity contribution in [2.45, 2.75) is 51.7 Å². The van der Waals surface area contributed by atoms with E-state index >= 15 is 0 Å². The summed E-state index contributed by atoms with van der Waals surface area (Å²) >= 11 is 6.19. The van der Waals surface area contributed by atoms with Crippen LogP contribution >= 0.6 is 11.6 Å². The number of fused-ring (bicyclic) bond motifs is 1. The predicted molar refractivity (Wildman–Crippen MR) is 82.1 cm³/mol. The SMILES string of the molecule is CCC1CCCCC1OCc1nc(Cl)c2cnn(C)c2n1. The normalized spacial score (nSPS) is 22.8. The molecule has 0 aromatic carbocycles. The van der Waals surface area contributed by atoms with E-state index in [4.69, 9.17) is 16.3 Å². The summed E-state index contributed by atoms with van der Waals surface area (Å²) in [4.78, 5) is 8.84. The Labute approximate surface area is 129 Å². The summed E-state index contributed by atoms with van der Waals surface area (Å²) in [6, 6.07) is 0. The van der Waals surface area contributed by atoms with Crippen LogP contribution in [0.4, 0.5) is 0 Å². The lowest BCUT2D eigenvalue weighted by atomic mass is 9.85. The van der Waals surface area contributed by atoms with E-state index in [0.717, 1.165) is 17.5 Å². The second-order valence-corrected chi connectivity index (χ2v) is 6.10. The molecule has 5 nitrogen and oxygen atoms in total. The van der Waals surface area contributed by atoms with Gasteiger partial charge in [-0.1, -0.05) is 37.8 Å². The lowest BCUT2D eigenvalue weighted by molar-refractivity contribution is -0.0247. The number of aromatic nitrogens is 4. The standard InChI is InChI=1S/C15H21ClN4O/c1-3-10-6-4-5-7-12(10)21-9-13-18-14(16)11-8-17-20(2)15(11)19-13/h8,10,12H,3-7,9H2,1-2H3. The maximum atomic E-state index is 6.19. The number of hydrogen-bond acceptors (Lipinski definition) is 4. The van der Waals surface area contributed by atoms with Gasteiger partial charge in [0.15, 0.2) is 11.5 Å². The number of aryl methyl sites for hydroxylation is 1. The molecule has 1 saturated carbocycles. The Hall–Kier alpha value is -1.20. The highest BCUT2D eigenvalue weighted by molar-refractivity contribution is 6.33. The summed E-state index contributed by atoms with van der Waals surface area (Å²) in [5.74, 6) is 1.30. The molecule has 2 unspecified atom stereocenters. The third kappa shape index (κ3) is 3.04. The molecule has 0 N–H and O–H groups in total. The zero-order valence-corrected chi connectivity index (χ0v) is 13.3. The average molecular weight is 309 g/mol. The van der Waals surface area contributed by atoms with Crippen LogP contribution in [0.15, 0.2) is 6.20 Å². The van der Waals surface area contributed by atoms with Crippen molar-refractivity contribution in [1.82, 2.24) is 19.7 Å². The van der Waals surface area contributed by atoms with Crippen LogP contribution in [-0.2, 0) is 18.4 Å². The molecule has 0 bridgehead atoms. The van der Waals surface area contributed by atoms with E-state index in [1.165, 1.54) is 25.7 Å². The van der Waals surface area contributed by atoms with Gasteiger partial charge < -0.3 is 4.74 Å². The zero-order chi connectivity index (χ0) is 14.8. The Balaban J connectivity index is 1.74. The molecule has 2 aromatic heterocycles. The van der Waals surface area contributed by atoms with Crippen LogP contribution in [0.5, 0.6) is 0 Å². The van der Waals surface area contributed by atoms with Crippen molar-refractivity contribution in [2.24, 2.45) is 13.0 Å². The van der Waals surface area contributed by atoms with Crippen LogP contribution in [0.3, 0.4) is 0 Å². The van der Waals surface area contributed by atoms with E-state index in [9.17, 15) is 0 Å². The lowest BCUT2D eigenvalue weighted by Gasteiger charge is -2.30. The molecule has 1 fully saturated rings. The fourth-order valence-corrected chi connectivity index (χ4v) is 3.37. The molecule has 3 rings (SSSR count). The summed E-state index contributed by atoms with van der Waals surface area (Å²) < 4.78 is 7.79. The van der Waals surface area contributed by atoms with Gasteiger partial charge in [0.1, 0.15) is 11.8 Å². The van der Waals surface area contributed by atoms with Crippen LogP contribution in [0, 0.1) is 5.92 Å². The minimum absolute atomic E-state index is 0.327. The first-order valence-electron chi connectivity index (χ1n) is 7.64. The summed E-state index contributed by atoms with van der Waals surface area (Å²) in [7, 11) is 1.85. The molecule has 6 heteroatoms. The van der Waals surface area contributed by atoms with Crippen LogP contribution in [0.2, 0.25) is 5.15 Å². The molecule has 2 heterocycles. The number of nitrogens with zero attached hydrogens (tertiary/aromatic N) is 4. The van der Waals surface area contributed by atoms with E-state index in [0.29, 0.717) is 29.6 Å². The number of hydrogen-bond donors (Lipinski definition) is 0. The van der Waals surface area contributed by atoms with Gasteiger partial charge in [0.25, 0.3) is 0 Å². The van der Waals surface area contributed by atoms with E-state index in [1.54, 1.807) is 10.9 Å². The fourth-order valence-electron chi connectivity index (χ4n) is 3.14. The maximum Gasteiger partial charge on any atom is 0.162 e. The third-order valence-electron chi connectivity index (χ3n) is 4.38. The van der Waals surface area contributed by atoms with E-state index < -0.39 is 0 Å². The van der Waals surface area contributed by atoms with Gasteiger partial charge in [-0.2, -0.15) is 5.10 Å². The Morgan fingerprint density at radius 2 is 2.14 bits per heavy atom. The number of ether oxygens (including phenoxy) is 1. The van der Waals surface area contributed by atoms with Gasteiger partial charge in [-0.15, -0.1) is 0 Å². The first-order chi connectivity index (χ1) is 10.2. The molecule has 1 aliphatic rings. The highest BCUT2D eigenvalue weighted by Gasteiger charge is 2.24. The second kappa shape index (κ2) is 6.28. The van der Waals surface area contributed by atoms with Gasteiger partial charge in [-0.3, -0.25) is 4.68 Å². The van der Waals surface area contributed by atoms with Gasteiger partial charge in [0.05, 0.1) is 17.7 Å². The van der Waals surface area contributed by atoms with Crippen molar-refractivity contribution >= 4 is 22.6 Å². The van der Waals surface area contributed by atoms with Crippen molar-refractivity contribution in [3.8, 4) is 0 Å². The van der Waals surface area contributed by atoms with Crippen molar-refractivity contribution in [3.63, 3.8) is 0 Å². The molecule has 0 saturated heterocycles. The van der Waals surface area contributed by atoms with Crippen molar-refractivity contribution in [1.29, 1.82) is 0 Å². The molecule has 114 valence electrons. The van der Waals surface area contributed by atoms with Crippen molar-refractivity contribution < 1.29 is 4.74 Å². The number of halogens is 1. The maximum absolute atomic E-state index is 6.19. The van der Waals surface area contributed by atoms with Crippen LogP contribution < -0.4 is 0 Å². The molecule has 0 amide bonds. The largest absolute Gasteiger partial charge is 0.370 e. The molecule has 0 radical (unpaired) electrons. The van der Waals surface area contributed by atoms with Crippen molar-refractivity contribution in [3.05, 3.63) is 17.2 Å². The Kier molecular flexibility index (Phi) is 4.40. The van der Waals surface area contributed by atoms with E-state index in [1.807, 2.05) is 7.05 Å². The summed E-state index contributed by atoms with van der Waals surface area (Å²) in [6.07, 6.45) is 8.17. The average Bonchev–Trinajstić information content (AvgIpc) is 2.87. The first-order valence-corrected chi connectivity index (χ1v) is 8.02. The van der Waals surface area contributed by atoms with Gasteiger partial charge in [-0.05, 0) is 18.8 Å². The molecule has 2 atom stereocenters. The minimum Gasteiger partial charge on any atom is -0.370 e. The number of rotatable bonds is 4. The van der Waals surface area contributed by atoms with E-state index in [2.05, 4.69) is 22.0 Å². The van der Waals surface area contributed by atoms with Crippen LogP contribution in [0.1, 0.15) is 44.9 Å². The topological polar surface area (TPSA) is 52.8 Å². The fraction of sp³-hybridized carbons (Fsp3) is 0.667. The Morgan fingerprint density at radius 1 is 1.33 bits per heavy atom. The van der Waals surface area contributed by atoms with Crippen molar-refractivity contribution in [2.75, 3.05) is 0 Å². The highest BCUT2D eigenvalue weighted by atomic mass is 35.5. The van der Waals surface area contributed by atoms with Crippen LogP contribution in [-0.4, -0.2) is 25.9 Å². The summed E-state index contributed by atoms with van der Waals surface area (Å²) in [5, 5.41) is 5.39. The van der Waals surface area contributed by atoms with Crippen LogP contribution in [0.25, 0.3) is 11.0 Å². The monoisotopic (exact) mass is 308 g/mol. The van der Waals surface area contributed by atoms with Gasteiger partial charge in [0.2, 0.25) is 0 Å². The molecule has 1 aliphatic carbocycles. The summed E-state index contributed by atoms with van der Waals surface area (Å²) in [5.41, 5.74) is 0.754. The molecule has 0 aliphatic heterocycles. The quantitative estimate of drug-likeness (QED) is 0.811. The molecule has 21 heavy (non-hydrogen) atoms. The zero-order valence-electron chi connectivity index (χ0n) is 12.5. The lowest BCUT2D eigenvalue weighted by Crippen LogP contribution is -2.27. The third-order valence-corrected chi connectivity index (χ3v) is 4.67. The molecule has 2 aromatic rings. The van der Waals surface area contributed by atoms with E-state index in [-0.39, 0.29) is 0 Å². The summed E-state index contributed by atoms with van der Waals surface area (Å²) in [6.45, 7) is 2.66. The molecular weight excluding hydrogens is 288 g/mol. The molecule has 0 spiro atoms. The predicted octanol–water partition coefficient (Wildman–Crippen LogP) is 3.50.